The predicted octanol–water partition coefficient (Wildman–Crippen LogP) is 0.688. The Morgan fingerprint density at radius 3 is 2.93 bits per heavy atom. The summed E-state index contributed by atoms with van der Waals surface area (Å²) in [6.45, 7) is 4.93. The first kappa shape index (κ1) is 9.61. The van der Waals surface area contributed by atoms with Gasteiger partial charge in [-0.2, -0.15) is 4.98 Å². The SMILES string of the molecule is CC(N)c1noc(C2(C)CCCN2)n1. The van der Waals surface area contributed by atoms with Gasteiger partial charge in [-0.05, 0) is 33.2 Å². The molecule has 2 atom stereocenters. The minimum absolute atomic E-state index is 0.153. The molecule has 1 aliphatic rings. The lowest BCUT2D eigenvalue weighted by Gasteiger charge is -2.18. The van der Waals surface area contributed by atoms with Crippen LogP contribution in [-0.2, 0) is 5.54 Å². The van der Waals surface area contributed by atoms with Crippen LogP contribution in [0.15, 0.2) is 4.52 Å². The minimum atomic E-state index is -0.169. The molecule has 1 aliphatic heterocycles. The highest BCUT2D eigenvalue weighted by atomic mass is 16.5. The number of rotatable bonds is 2. The van der Waals surface area contributed by atoms with Crippen LogP contribution in [0.3, 0.4) is 0 Å². The quantitative estimate of drug-likeness (QED) is 0.727. The molecule has 0 radical (unpaired) electrons. The van der Waals surface area contributed by atoms with Crippen LogP contribution >= 0.6 is 0 Å². The number of aromatic nitrogens is 2. The van der Waals surface area contributed by atoms with Crippen LogP contribution in [0.5, 0.6) is 0 Å². The van der Waals surface area contributed by atoms with E-state index < -0.39 is 0 Å². The van der Waals surface area contributed by atoms with Crippen LogP contribution in [0, 0.1) is 0 Å². The Bertz CT molecular complexity index is 314. The van der Waals surface area contributed by atoms with Gasteiger partial charge in [0.15, 0.2) is 5.82 Å². The van der Waals surface area contributed by atoms with Crippen molar-refractivity contribution in [1.29, 1.82) is 0 Å². The molecule has 0 amide bonds. The summed E-state index contributed by atoms with van der Waals surface area (Å²) in [5.41, 5.74) is 5.51. The van der Waals surface area contributed by atoms with E-state index in [0.717, 1.165) is 19.4 Å². The lowest BCUT2D eigenvalue weighted by Crippen LogP contribution is -2.33. The second-order valence-corrected chi connectivity index (χ2v) is 4.11. The van der Waals surface area contributed by atoms with Crippen LogP contribution in [-0.4, -0.2) is 16.7 Å². The fourth-order valence-corrected chi connectivity index (χ4v) is 1.72. The first-order valence-electron chi connectivity index (χ1n) is 4.96. The van der Waals surface area contributed by atoms with E-state index >= 15 is 0 Å². The van der Waals surface area contributed by atoms with Crippen molar-refractivity contribution in [3.05, 3.63) is 11.7 Å². The maximum atomic E-state index is 5.66. The Morgan fingerprint density at radius 1 is 1.64 bits per heavy atom. The molecule has 1 aromatic rings. The Hall–Kier alpha value is -0.940. The third kappa shape index (κ3) is 1.53. The Labute approximate surface area is 83.1 Å². The third-order valence-corrected chi connectivity index (χ3v) is 2.69. The molecule has 2 unspecified atom stereocenters. The van der Waals surface area contributed by atoms with Gasteiger partial charge in [0, 0.05) is 0 Å². The molecule has 1 saturated heterocycles. The summed E-state index contributed by atoms with van der Waals surface area (Å²) in [7, 11) is 0. The lowest BCUT2D eigenvalue weighted by molar-refractivity contribution is 0.274. The van der Waals surface area contributed by atoms with Crippen molar-refractivity contribution in [2.24, 2.45) is 5.73 Å². The lowest BCUT2D eigenvalue weighted by atomic mass is 10.0. The Balaban J connectivity index is 2.23. The number of nitrogens with one attached hydrogen (secondary N) is 1. The molecule has 0 spiro atoms. The molecule has 1 fully saturated rings. The van der Waals surface area contributed by atoms with E-state index in [1.165, 1.54) is 0 Å². The van der Waals surface area contributed by atoms with Crippen LogP contribution in [0.1, 0.15) is 44.4 Å². The molecule has 78 valence electrons. The van der Waals surface area contributed by atoms with Gasteiger partial charge in [-0.3, -0.25) is 0 Å². The van der Waals surface area contributed by atoms with Crippen LogP contribution in [0.4, 0.5) is 0 Å². The van der Waals surface area contributed by atoms with Crippen molar-refractivity contribution in [3.63, 3.8) is 0 Å². The van der Waals surface area contributed by atoms with Crippen molar-refractivity contribution in [2.75, 3.05) is 6.54 Å². The fraction of sp³-hybridized carbons (Fsp3) is 0.778. The number of nitrogens with two attached hydrogens (primary N) is 1. The smallest absolute Gasteiger partial charge is 0.246 e. The average Bonchev–Trinajstić information content (AvgIpc) is 2.71. The summed E-state index contributed by atoms with van der Waals surface area (Å²) in [6, 6.07) is -0.169. The summed E-state index contributed by atoms with van der Waals surface area (Å²) in [6.07, 6.45) is 2.18. The van der Waals surface area contributed by atoms with Crippen molar-refractivity contribution in [2.45, 2.75) is 38.3 Å². The first-order valence-corrected chi connectivity index (χ1v) is 4.96. The maximum absolute atomic E-state index is 5.66. The fourth-order valence-electron chi connectivity index (χ4n) is 1.72. The molecule has 0 bridgehead atoms. The molecule has 2 rings (SSSR count). The van der Waals surface area contributed by atoms with Crippen molar-refractivity contribution in [1.82, 2.24) is 15.5 Å². The topological polar surface area (TPSA) is 77.0 Å². The van der Waals surface area contributed by atoms with Gasteiger partial charge in [0.1, 0.15) is 0 Å². The van der Waals surface area contributed by atoms with Gasteiger partial charge in [-0.15, -0.1) is 0 Å². The second kappa shape index (κ2) is 3.33. The van der Waals surface area contributed by atoms with Crippen LogP contribution in [0.25, 0.3) is 0 Å². The molecule has 14 heavy (non-hydrogen) atoms. The van der Waals surface area contributed by atoms with Crippen molar-refractivity contribution < 1.29 is 4.52 Å². The zero-order chi connectivity index (χ0) is 10.2. The van der Waals surface area contributed by atoms with E-state index in [-0.39, 0.29) is 11.6 Å². The normalized spacial score (nSPS) is 29.4. The molecule has 0 aromatic carbocycles. The highest BCUT2D eigenvalue weighted by Gasteiger charge is 2.35. The summed E-state index contributed by atoms with van der Waals surface area (Å²) in [5, 5.41) is 7.22. The number of hydrogen-bond acceptors (Lipinski definition) is 5. The highest BCUT2D eigenvalue weighted by molar-refractivity contribution is 5.05. The summed E-state index contributed by atoms with van der Waals surface area (Å²) in [4.78, 5) is 4.30. The first-order chi connectivity index (χ1) is 6.62. The van der Waals surface area contributed by atoms with E-state index in [0.29, 0.717) is 11.7 Å². The van der Waals surface area contributed by atoms with E-state index in [1.54, 1.807) is 0 Å². The van der Waals surface area contributed by atoms with Gasteiger partial charge >= 0.3 is 0 Å². The molecule has 0 saturated carbocycles. The van der Waals surface area contributed by atoms with Crippen LogP contribution < -0.4 is 11.1 Å². The molecule has 0 aliphatic carbocycles. The summed E-state index contributed by atoms with van der Waals surface area (Å²) in [5.74, 6) is 1.23. The van der Waals surface area contributed by atoms with Gasteiger partial charge in [0.05, 0.1) is 11.6 Å². The van der Waals surface area contributed by atoms with Crippen molar-refractivity contribution in [3.8, 4) is 0 Å². The minimum Gasteiger partial charge on any atom is -0.337 e. The predicted molar refractivity (Wildman–Crippen MR) is 51.5 cm³/mol. The van der Waals surface area contributed by atoms with E-state index in [4.69, 9.17) is 10.3 Å². The Morgan fingerprint density at radius 2 is 2.43 bits per heavy atom. The largest absolute Gasteiger partial charge is 0.337 e. The number of hydrogen-bond donors (Lipinski definition) is 2. The number of nitrogens with zero attached hydrogens (tertiary/aromatic N) is 2. The average molecular weight is 196 g/mol. The van der Waals surface area contributed by atoms with E-state index in [9.17, 15) is 0 Å². The standard InChI is InChI=1S/C9H16N4O/c1-6(10)7-12-8(14-13-7)9(2)4-3-5-11-9/h6,11H,3-5,10H2,1-2H3. The molecule has 2 heterocycles. The van der Waals surface area contributed by atoms with Crippen molar-refractivity contribution >= 4 is 0 Å². The Kier molecular flexibility index (Phi) is 2.28. The summed E-state index contributed by atoms with van der Waals surface area (Å²) >= 11 is 0. The molecule has 5 nitrogen and oxygen atoms in total. The molecule has 5 heteroatoms. The molecule has 3 N–H and O–H groups in total. The van der Waals surface area contributed by atoms with Gasteiger partial charge in [0.25, 0.3) is 0 Å². The van der Waals surface area contributed by atoms with Gasteiger partial charge in [-0.1, -0.05) is 5.16 Å². The monoisotopic (exact) mass is 196 g/mol. The van der Waals surface area contributed by atoms with Gasteiger partial charge in [-0.25, -0.2) is 0 Å². The highest BCUT2D eigenvalue weighted by Crippen LogP contribution is 2.29. The van der Waals surface area contributed by atoms with Gasteiger partial charge < -0.3 is 15.6 Å². The summed E-state index contributed by atoms with van der Waals surface area (Å²) < 4.78 is 5.21. The zero-order valence-electron chi connectivity index (χ0n) is 8.58. The van der Waals surface area contributed by atoms with E-state index in [2.05, 4.69) is 22.4 Å². The maximum Gasteiger partial charge on any atom is 0.246 e. The second-order valence-electron chi connectivity index (χ2n) is 4.11. The van der Waals surface area contributed by atoms with E-state index in [1.807, 2.05) is 6.92 Å². The molecule has 1 aromatic heterocycles. The third-order valence-electron chi connectivity index (χ3n) is 2.69. The molecular formula is C9H16N4O. The van der Waals surface area contributed by atoms with Crippen LogP contribution in [0.2, 0.25) is 0 Å². The zero-order valence-corrected chi connectivity index (χ0v) is 8.58. The molecular weight excluding hydrogens is 180 g/mol. The van der Waals surface area contributed by atoms with Gasteiger partial charge in [0.2, 0.25) is 5.89 Å².